The van der Waals surface area contributed by atoms with Gasteiger partial charge in [0.25, 0.3) is 0 Å². The maximum absolute atomic E-state index is 14.6. The summed E-state index contributed by atoms with van der Waals surface area (Å²) < 4.78 is 14.6. The van der Waals surface area contributed by atoms with Gasteiger partial charge in [0, 0.05) is 6.04 Å². The van der Waals surface area contributed by atoms with Crippen molar-refractivity contribution in [2.75, 3.05) is 13.1 Å². The second-order valence-electron chi connectivity index (χ2n) is 5.01. The summed E-state index contributed by atoms with van der Waals surface area (Å²) in [4.78, 5) is 11.7. The smallest absolute Gasteiger partial charge is 0.407 e. The molecule has 0 saturated carbocycles. The zero-order chi connectivity index (χ0) is 14.2. The molecule has 1 amide bonds. The Labute approximate surface area is 110 Å². The normalized spacial score (nSPS) is 18.8. The van der Waals surface area contributed by atoms with Crippen LogP contribution >= 0.6 is 0 Å². The lowest BCUT2D eigenvalue weighted by molar-refractivity contribution is -0.0239. The summed E-state index contributed by atoms with van der Waals surface area (Å²) in [6, 6.07) is 4.66. The highest BCUT2D eigenvalue weighted by atomic mass is 19.1. The maximum Gasteiger partial charge on any atom is 0.407 e. The largest absolute Gasteiger partial charge is 0.465 e. The van der Waals surface area contributed by atoms with Crippen LogP contribution in [0.5, 0.6) is 0 Å². The van der Waals surface area contributed by atoms with Crippen LogP contribution in [0.2, 0.25) is 0 Å². The van der Waals surface area contributed by atoms with Gasteiger partial charge in [-0.2, -0.15) is 0 Å². The molecule has 1 aromatic carbocycles. The molecule has 104 valence electrons. The Balaban J connectivity index is 2.30. The predicted octanol–water partition coefficient (Wildman–Crippen LogP) is 1.36. The van der Waals surface area contributed by atoms with E-state index in [-0.39, 0.29) is 25.7 Å². The molecule has 4 N–H and O–H groups in total. The molecule has 0 spiro atoms. The van der Waals surface area contributed by atoms with Crippen LogP contribution in [0.3, 0.4) is 0 Å². The van der Waals surface area contributed by atoms with Crippen molar-refractivity contribution >= 4 is 6.09 Å². The van der Waals surface area contributed by atoms with Crippen molar-refractivity contribution in [2.24, 2.45) is 5.73 Å². The van der Waals surface area contributed by atoms with Crippen molar-refractivity contribution in [2.45, 2.75) is 25.2 Å². The number of halogens is 1. The average Bonchev–Trinajstić information content (AvgIpc) is 2.33. The third-order valence-corrected chi connectivity index (χ3v) is 3.39. The molecule has 1 unspecified atom stereocenters. The van der Waals surface area contributed by atoms with Gasteiger partial charge >= 0.3 is 6.09 Å². The number of hydrogen-bond donors (Lipinski definition) is 3. The van der Waals surface area contributed by atoms with E-state index in [1.165, 1.54) is 0 Å². The van der Waals surface area contributed by atoms with Crippen molar-refractivity contribution < 1.29 is 19.4 Å². The van der Waals surface area contributed by atoms with Gasteiger partial charge in [0.1, 0.15) is 0 Å². The van der Waals surface area contributed by atoms with Crippen molar-refractivity contribution in [3.63, 3.8) is 0 Å². The van der Waals surface area contributed by atoms with Gasteiger partial charge in [0.2, 0.25) is 0 Å². The van der Waals surface area contributed by atoms with Gasteiger partial charge in [-0.1, -0.05) is 18.2 Å². The van der Waals surface area contributed by atoms with E-state index in [4.69, 9.17) is 10.8 Å². The van der Waals surface area contributed by atoms with E-state index in [9.17, 15) is 14.3 Å². The van der Waals surface area contributed by atoms with Crippen molar-refractivity contribution in [1.29, 1.82) is 0 Å². The number of carbonyl (C=O) groups is 1. The molecule has 1 heterocycles. The summed E-state index contributed by atoms with van der Waals surface area (Å²) in [5.74, 6) is 0. The highest BCUT2D eigenvalue weighted by molar-refractivity contribution is 5.67. The van der Waals surface area contributed by atoms with Gasteiger partial charge in [0.15, 0.2) is 5.67 Å². The molecule has 0 aromatic heterocycles. The average molecular weight is 268 g/mol. The number of nitrogens with two attached hydrogens (primary N) is 1. The molecule has 1 saturated heterocycles. The number of nitrogens with zero attached hydrogens (tertiary/aromatic N) is 1. The molecule has 1 aromatic rings. The van der Waals surface area contributed by atoms with Crippen molar-refractivity contribution in [3.05, 3.63) is 34.9 Å². The molecular weight excluding hydrogens is 251 g/mol. The number of aliphatic hydroxyl groups is 1. The second kappa shape index (κ2) is 4.79. The monoisotopic (exact) mass is 268 g/mol. The van der Waals surface area contributed by atoms with Gasteiger partial charge in [0.05, 0.1) is 19.7 Å². The summed E-state index contributed by atoms with van der Waals surface area (Å²) in [5, 5.41) is 18.0. The van der Waals surface area contributed by atoms with E-state index in [1.807, 2.05) is 0 Å². The summed E-state index contributed by atoms with van der Waals surface area (Å²) in [7, 11) is 0. The third kappa shape index (κ3) is 2.54. The van der Waals surface area contributed by atoms with E-state index in [0.29, 0.717) is 11.1 Å². The molecule has 19 heavy (non-hydrogen) atoms. The van der Waals surface area contributed by atoms with Crippen LogP contribution in [-0.4, -0.2) is 34.3 Å². The third-order valence-electron chi connectivity index (χ3n) is 3.39. The fourth-order valence-corrected chi connectivity index (χ4v) is 2.21. The van der Waals surface area contributed by atoms with Crippen LogP contribution in [0, 0.1) is 0 Å². The number of rotatable bonds is 3. The molecule has 0 aliphatic carbocycles. The van der Waals surface area contributed by atoms with Gasteiger partial charge in [-0.15, -0.1) is 0 Å². The highest BCUT2D eigenvalue weighted by Gasteiger charge is 2.47. The lowest BCUT2D eigenvalue weighted by atomic mass is 9.85. The Morgan fingerprint density at radius 1 is 1.53 bits per heavy atom. The molecule has 1 fully saturated rings. The number of aliphatic hydroxyl groups excluding tert-OH is 1. The minimum atomic E-state index is -1.69. The predicted molar refractivity (Wildman–Crippen MR) is 67.4 cm³/mol. The Hall–Kier alpha value is -1.66. The van der Waals surface area contributed by atoms with E-state index in [2.05, 4.69) is 0 Å². The molecular formula is C13H17FN2O3. The van der Waals surface area contributed by atoms with E-state index in [1.54, 1.807) is 25.1 Å². The standard InChI is InChI=1S/C13H17FN2O3/c1-8(15)10-2-9(5-17)3-11(4-10)13(14)6-16(7-13)12(18)19/h2-4,8,17H,5-7,15H2,1H3,(H,18,19). The Bertz CT molecular complexity index is 499. The maximum atomic E-state index is 14.6. The summed E-state index contributed by atoms with van der Waals surface area (Å²) >= 11 is 0. The van der Waals surface area contributed by atoms with Gasteiger partial charge in [-0.25, -0.2) is 9.18 Å². The van der Waals surface area contributed by atoms with E-state index < -0.39 is 11.8 Å². The first kappa shape index (κ1) is 13.8. The molecule has 1 aliphatic heterocycles. The molecule has 5 nitrogen and oxygen atoms in total. The van der Waals surface area contributed by atoms with Crippen LogP contribution in [0.1, 0.15) is 29.7 Å². The molecule has 1 aliphatic rings. The van der Waals surface area contributed by atoms with Crippen molar-refractivity contribution in [1.82, 2.24) is 4.90 Å². The lowest BCUT2D eigenvalue weighted by Crippen LogP contribution is -2.58. The minimum Gasteiger partial charge on any atom is -0.465 e. The van der Waals surface area contributed by atoms with Crippen LogP contribution in [0.25, 0.3) is 0 Å². The Morgan fingerprint density at radius 3 is 2.63 bits per heavy atom. The molecule has 1 atom stereocenters. The Morgan fingerprint density at radius 2 is 2.16 bits per heavy atom. The molecule has 0 bridgehead atoms. The SMILES string of the molecule is CC(N)c1cc(CO)cc(C2(F)CN(C(=O)O)C2)c1. The summed E-state index contributed by atoms with van der Waals surface area (Å²) in [6.45, 7) is 1.20. The highest BCUT2D eigenvalue weighted by Crippen LogP contribution is 2.37. The molecule has 2 rings (SSSR count). The molecule has 0 radical (unpaired) electrons. The van der Waals surface area contributed by atoms with Crippen LogP contribution in [-0.2, 0) is 12.3 Å². The first-order valence-corrected chi connectivity index (χ1v) is 6.03. The topological polar surface area (TPSA) is 86.8 Å². The first-order valence-electron chi connectivity index (χ1n) is 6.03. The van der Waals surface area contributed by atoms with Crippen LogP contribution in [0.4, 0.5) is 9.18 Å². The Kier molecular flexibility index (Phi) is 3.47. The van der Waals surface area contributed by atoms with Crippen molar-refractivity contribution in [3.8, 4) is 0 Å². The number of carboxylic acid groups (broad SMARTS) is 1. The lowest BCUT2D eigenvalue weighted by Gasteiger charge is -2.43. The zero-order valence-electron chi connectivity index (χ0n) is 10.6. The fraction of sp³-hybridized carbons (Fsp3) is 0.462. The van der Waals surface area contributed by atoms with Gasteiger partial charge in [-0.3, -0.25) is 0 Å². The summed E-state index contributed by atoms with van der Waals surface area (Å²) in [6.07, 6.45) is -1.13. The van der Waals surface area contributed by atoms with Gasteiger partial charge < -0.3 is 20.8 Å². The van der Waals surface area contributed by atoms with Gasteiger partial charge in [-0.05, 0) is 23.6 Å². The molecule has 6 heteroatoms. The van der Waals surface area contributed by atoms with E-state index in [0.717, 1.165) is 10.5 Å². The number of amides is 1. The number of alkyl halides is 1. The minimum absolute atomic E-state index is 0.185. The van der Waals surface area contributed by atoms with E-state index >= 15 is 0 Å². The van der Waals surface area contributed by atoms with Crippen LogP contribution < -0.4 is 5.73 Å². The quantitative estimate of drug-likeness (QED) is 0.772. The van der Waals surface area contributed by atoms with Crippen LogP contribution in [0.15, 0.2) is 18.2 Å². The number of benzene rings is 1. The summed E-state index contributed by atoms with van der Waals surface area (Å²) in [5.41, 5.74) is 5.78. The number of hydrogen-bond acceptors (Lipinski definition) is 3. The fourth-order valence-electron chi connectivity index (χ4n) is 2.21. The first-order chi connectivity index (χ1) is 8.85. The number of likely N-dealkylation sites (tertiary alicyclic amines) is 1. The second-order valence-corrected chi connectivity index (χ2v) is 5.01. The zero-order valence-corrected chi connectivity index (χ0v) is 10.6.